The molecule has 1 fully saturated rings. The third kappa shape index (κ3) is 3.17. The van der Waals surface area contributed by atoms with Crippen molar-refractivity contribution in [2.75, 3.05) is 13.2 Å². The van der Waals surface area contributed by atoms with Crippen LogP contribution in [0.1, 0.15) is 6.92 Å². The number of ether oxygens (including phenoxy) is 2. The smallest absolute Gasteiger partial charge is 0.261 e. The van der Waals surface area contributed by atoms with Gasteiger partial charge in [-0.1, -0.05) is 6.07 Å². The Morgan fingerprint density at radius 2 is 2.35 bits per heavy atom. The molecule has 2 rings (SSSR count). The fraction of sp³-hybridized carbons (Fsp3) is 0.417. The molecule has 1 aliphatic rings. The summed E-state index contributed by atoms with van der Waals surface area (Å²) in [4.78, 5) is 11.7. The molecule has 1 unspecified atom stereocenters. The van der Waals surface area contributed by atoms with Crippen LogP contribution < -0.4 is 10.1 Å². The molecule has 0 spiro atoms. The van der Waals surface area contributed by atoms with Gasteiger partial charge >= 0.3 is 0 Å². The van der Waals surface area contributed by atoms with Crippen LogP contribution >= 0.6 is 0 Å². The van der Waals surface area contributed by atoms with Crippen molar-refractivity contribution in [2.45, 2.75) is 19.1 Å². The van der Waals surface area contributed by atoms with Gasteiger partial charge < -0.3 is 14.8 Å². The van der Waals surface area contributed by atoms with Gasteiger partial charge in [0.2, 0.25) is 0 Å². The average Bonchev–Trinajstić information content (AvgIpc) is 2.23. The lowest BCUT2D eigenvalue weighted by atomic mass is 10.2. The van der Waals surface area contributed by atoms with Gasteiger partial charge in [-0.25, -0.2) is 4.39 Å². The van der Waals surface area contributed by atoms with Crippen molar-refractivity contribution >= 4 is 5.91 Å². The molecule has 0 aromatic heterocycles. The summed E-state index contributed by atoms with van der Waals surface area (Å²) in [5.74, 6) is -0.262. The number of hydrogen-bond acceptors (Lipinski definition) is 3. The van der Waals surface area contributed by atoms with Gasteiger partial charge in [0.15, 0.2) is 6.10 Å². The lowest BCUT2D eigenvalue weighted by Gasteiger charge is -2.28. The van der Waals surface area contributed by atoms with Gasteiger partial charge in [-0.05, 0) is 19.1 Å². The van der Waals surface area contributed by atoms with E-state index >= 15 is 0 Å². The number of amides is 1. The Bertz CT molecular complexity index is 406. The lowest BCUT2D eigenvalue weighted by Crippen LogP contribution is -2.51. The van der Waals surface area contributed by atoms with Gasteiger partial charge in [0.05, 0.1) is 19.3 Å². The Hall–Kier alpha value is -1.62. The Kier molecular flexibility index (Phi) is 3.58. The van der Waals surface area contributed by atoms with Crippen molar-refractivity contribution in [3.63, 3.8) is 0 Å². The number of carbonyl (C=O) groups excluding carboxylic acids is 1. The average molecular weight is 239 g/mol. The molecule has 1 atom stereocenters. The van der Waals surface area contributed by atoms with E-state index in [4.69, 9.17) is 9.47 Å². The summed E-state index contributed by atoms with van der Waals surface area (Å²) >= 11 is 0. The molecular formula is C12H14FNO3. The molecule has 92 valence electrons. The highest BCUT2D eigenvalue weighted by atomic mass is 19.1. The minimum absolute atomic E-state index is 0.0704. The van der Waals surface area contributed by atoms with E-state index in [2.05, 4.69) is 5.32 Å². The van der Waals surface area contributed by atoms with E-state index in [1.165, 1.54) is 18.2 Å². The summed E-state index contributed by atoms with van der Waals surface area (Å²) < 4.78 is 23.2. The van der Waals surface area contributed by atoms with Crippen LogP contribution in [0.2, 0.25) is 0 Å². The van der Waals surface area contributed by atoms with Crippen LogP contribution in [-0.2, 0) is 9.53 Å². The second-order valence-corrected chi connectivity index (χ2v) is 3.96. The first-order valence-electron chi connectivity index (χ1n) is 5.45. The first-order valence-corrected chi connectivity index (χ1v) is 5.45. The number of hydrogen-bond donors (Lipinski definition) is 1. The standard InChI is InChI=1S/C12H14FNO3/c1-8(12(15)14-10-6-16-7-10)17-11-4-2-3-9(13)5-11/h2-5,8,10H,6-7H2,1H3,(H,14,15). The molecule has 1 aromatic carbocycles. The van der Waals surface area contributed by atoms with Crippen LogP contribution in [0.3, 0.4) is 0 Å². The van der Waals surface area contributed by atoms with Crippen LogP contribution in [0, 0.1) is 5.82 Å². The minimum Gasteiger partial charge on any atom is -0.481 e. The maximum absolute atomic E-state index is 12.9. The SMILES string of the molecule is CC(Oc1cccc(F)c1)C(=O)NC1COC1. The molecule has 1 aromatic rings. The molecule has 5 heteroatoms. The quantitative estimate of drug-likeness (QED) is 0.856. The number of carbonyl (C=O) groups is 1. The summed E-state index contributed by atoms with van der Waals surface area (Å²) in [5, 5.41) is 2.77. The molecule has 1 aliphatic heterocycles. The maximum Gasteiger partial charge on any atom is 0.261 e. The van der Waals surface area contributed by atoms with E-state index in [-0.39, 0.29) is 17.8 Å². The number of halogens is 1. The van der Waals surface area contributed by atoms with E-state index in [9.17, 15) is 9.18 Å². The van der Waals surface area contributed by atoms with Crippen molar-refractivity contribution in [2.24, 2.45) is 0 Å². The predicted octanol–water partition coefficient (Wildman–Crippen LogP) is 1.11. The topological polar surface area (TPSA) is 47.6 Å². The summed E-state index contributed by atoms with van der Waals surface area (Å²) in [6, 6.07) is 5.79. The second kappa shape index (κ2) is 5.14. The zero-order valence-corrected chi connectivity index (χ0v) is 9.48. The first-order chi connectivity index (χ1) is 8.15. The fourth-order valence-electron chi connectivity index (χ4n) is 1.44. The van der Waals surface area contributed by atoms with Crippen molar-refractivity contribution in [1.29, 1.82) is 0 Å². The Morgan fingerprint density at radius 3 is 2.94 bits per heavy atom. The van der Waals surface area contributed by atoms with Gasteiger partial charge in [-0.2, -0.15) is 0 Å². The van der Waals surface area contributed by atoms with Gasteiger partial charge in [-0.15, -0.1) is 0 Å². The van der Waals surface area contributed by atoms with Gasteiger partial charge in [0.1, 0.15) is 11.6 Å². The highest BCUT2D eigenvalue weighted by molar-refractivity contribution is 5.81. The lowest BCUT2D eigenvalue weighted by molar-refractivity contribution is -0.131. The summed E-state index contributed by atoms with van der Waals surface area (Å²) in [5.41, 5.74) is 0. The van der Waals surface area contributed by atoms with Crippen LogP contribution in [0.5, 0.6) is 5.75 Å². The zero-order valence-electron chi connectivity index (χ0n) is 9.48. The number of nitrogens with one attached hydrogen (secondary N) is 1. The molecule has 1 saturated heterocycles. The molecule has 0 aliphatic carbocycles. The number of benzene rings is 1. The second-order valence-electron chi connectivity index (χ2n) is 3.96. The van der Waals surface area contributed by atoms with Crippen LogP contribution in [0.4, 0.5) is 4.39 Å². The molecule has 1 heterocycles. The third-order valence-corrected chi connectivity index (χ3v) is 2.46. The van der Waals surface area contributed by atoms with E-state index in [1.807, 2.05) is 0 Å². The van der Waals surface area contributed by atoms with Gasteiger partial charge in [-0.3, -0.25) is 4.79 Å². The molecule has 0 bridgehead atoms. The molecular weight excluding hydrogens is 225 g/mol. The third-order valence-electron chi connectivity index (χ3n) is 2.46. The molecule has 4 nitrogen and oxygen atoms in total. The first kappa shape index (κ1) is 11.9. The molecule has 17 heavy (non-hydrogen) atoms. The summed E-state index contributed by atoms with van der Waals surface area (Å²) in [6.07, 6.45) is -0.655. The largest absolute Gasteiger partial charge is 0.481 e. The normalized spacial score (nSPS) is 17.1. The monoisotopic (exact) mass is 239 g/mol. The van der Waals surface area contributed by atoms with Crippen LogP contribution in [0.25, 0.3) is 0 Å². The zero-order chi connectivity index (χ0) is 12.3. The summed E-state index contributed by atoms with van der Waals surface area (Å²) in [7, 11) is 0. The number of rotatable bonds is 4. The predicted molar refractivity (Wildman–Crippen MR) is 59.2 cm³/mol. The highest BCUT2D eigenvalue weighted by Crippen LogP contribution is 2.14. The van der Waals surface area contributed by atoms with Crippen molar-refractivity contribution < 1.29 is 18.7 Å². The Balaban J connectivity index is 1.87. The molecule has 1 amide bonds. The van der Waals surface area contributed by atoms with E-state index in [0.29, 0.717) is 19.0 Å². The Morgan fingerprint density at radius 1 is 1.59 bits per heavy atom. The molecule has 0 saturated carbocycles. The minimum atomic E-state index is -0.655. The van der Waals surface area contributed by atoms with Gasteiger partial charge in [0, 0.05) is 6.07 Å². The van der Waals surface area contributed by atoms with E-state index in [1.54, 1.807) is 13.0 Å². The van der Waals surface area contributed by atoms with E-state index < -0.39 is 6.10 Å². The van der Waals surface area contributed by atoms with Gasteiger partial charge in [0.25, 0.3) is 5.91 Å². The van der Waals surface area contributed by atoms with E-state index in [0.717, 1.165) is 0 Å². The summed E-state index contributed by atoms with van der Waals surface area (Å²) in [6.45, 7) is 2.70. The Labute approximate surface area is 98.7 Å². The maximum atomic E-state index is 12.9. The van der Waals surface area contributed by atoms with Crippen LogP contribution in [0.15, 0.2) is 24.3 Å². The molecule has 0 radical (unpaired) electrons. The van der Waals surface area contributed by atoms with Crippen molar-refractivity contribution in [1.82, 2.24) is 5.32 Å². The highest BCUT2D eigenvalue weighted by Gasteiger charge is 2.24. The fourth-order valence-corrected chi connectivity index (χ4v) is 1.44. The van der Waals surface area contributed by atoms with Crippen LogP contribution in [-0.4, -0.2) is 31.3 Å². The van der Waals surface area contributed by atoms with Crippen molar-refractivity contribution in [3.8, 4) is 5.75 Å². The van der Waals surface area contributed by atoms with Crippen molar-refractivity contribution in [3.05, 3.63) is 30.1 Å². The molecule has 1 N–H and O–H groups in total.